The van der Waals surface area contributed by atoms with Crippen molar-refractivity contribution in [2.24, 2.45) is 0 Å². The van der Waals surface area contributed by atoms with Crippen molar-refractivity contribution >= 4 is 6.08 Å². The third-order valence-electron chi connectivity index (χ3n) is 4.80. The molecule has 2 fully saturated rings. The molecule has 2 aliphatic heterocycles. The van der Waals surface area contributed by atoms with Gasteiger partial charge in [-0.05, 0) is 12.0 Å². The normalized spacial score (nSPS) is 27.1. The first kappa shape index (κ1) is 15.7. The van der Waals surface area contributed by atoms with Gasteiger partial charge in [0.2, 0.25) is 0 Å². The summed E-state index contributed by atoms with van der Waals surface area (Å²) in [5, 5.41) is 0. The molecule has 120 valence electrons. The molecule has 0 aliphatic carbocycles. The van der Waals surface area contributed by atoms with Gasteiger partial charge in [-0.15, -0.1) is 0 Å². The topological polar surface area (TPSA) is 15.7 Å². The highest BCUT2D eigenvalue weighted by Gasteiger charge is 2.34. The van der Waals surface area contributed by atoms with E-state index in [1.165, 1.54) is 31.5 Å². The number of nitrogens with zero attached hydrogens (tertiary/aromatic N) is 2. The summed E-state index contributed by atoms with van der Waals surface area (Å²) in [5.74, 6) is 0. The van der Waals surface area contributed by atoms with Crippen LogP contribution in [-0.2, 0) is 4.74 Å². The van der Waals surface area contributed by atoms with Crippen LogP contribution in [0.4, 0.5) is 0 Å². The van der Waals surface area contributed by atoms with E-state index in [2.05, 4.69) is 59.2 Å². The molecule has 0 N–H and O–H groups in total. The maximum Gasteiger partial charge on any atom is 0.0635 e. The predicted molar refractivity (Wildman–Crippen MR) is 91.9 cm³/mol. The van der Waals surface area contributed by atoms with E-state index in [1.807, 2.05) is 0 Å². The molecule has 2 aliphatic rings. The lowest BCUT2D eigenvalue weighted by Gasteiger charge is -2.48. The zero-order valence-corrected chi connectivity index (χ0v) is 13.7. The Labute approximate surface area is 134 Å². The first-order valence-corrected chi connectivity index (χ1v) is 8.64. The molecule has 2 saturated heterocycles. The molecular formula is C19H28N2O. The van der Waals surface area contributed by atoms with E-state index in [1.54, 1.807) is 0 Å². The largest absolute Gasteiger partial charge is 0.378 e. The van der Waals surface area contributed by atoms with Gasteiger partial charge in [0.1, 0.15) is 0 Å². The number of hydrogen-bond donors (Lipinski definition) is 0. The second-order valence-electron chi connectivity index (χ2n) is 6.44. The van der Waals surface area contributed by atoms with E-state index < -0.39 is 0 Å². The van der Waals surface area contributed by atoms with Crippen molar-refractivity contribution in [1.82, 2.24) is 9.80 Å². The molecule has 0 amide bonds. The van der Waals surface area contributed by atoms with Gasteiger partial charge in [0, 0.05) is 38.3 Å². The molecule has 3 heteroatoms. The summed E-state index contributed by atoms with van der Waals surface area (Å²) >= 11 is 0. The van der Waals surface area contributed by atoms with Crippen molar-refractivity contribution in [2.75, 3.05) is 39.4 Å². The van der Waals surface area contributed by atoms with Crippen LogP contribution in [-0.4, -0.2) is 61.3 Å². The number of ether oxygens (including phenoxy) is 1. The van der Waals surface area contributed by atoms with Crippen LogP contribution in [0.5, 0.6) is 0 Å². The lowest BCUT2D eigenvalue weighted by molar-refractivity contribution is -0.0811. The summed E-state index contributed by atoms with van der Waals surface area (Å²) in [5.41, 5.74) is 1.28. The first-order chi connectivity index (χ1) is 10.9. The van der Waals surface area contributed by atoms with Crippen molar-refractivity contribution in [1.29, 1.82) is 0 Å². The average molecular weight is 300 g/mol. The third-order valence-corrected chi connectivity index (χ3v) is 4.80. The molecule has 0 unspecified atom stereocenters. The Morgan fingerprint density at radius 1 is 1.18 bits per heavy atom. The molecule has 0 bridgehead atoms. The Balaban J connectivity index is 1.50. The van der Waals surface area contributed by atoms with Gasteiger partial charge in [-0.3, -0.25) is 9.80 Å². The highest BCUT2D eigenvalue weighted by Crippen LogP contribution is 2.21. The van der Waals surface area contributed by atoms with Gasteiger partial charge in [-0.2, -0.15) is 0 Å². The summed E-state index contributed by atoms with van der Waals surface area (Å²) in [6.07, 6.45) is 7.03. The molecule has 22 heavy (non-hydrogen) atoms. The van der Waals surface area contributed by atoms with Crippen LogP contribution in [0.3, 0.4) is 0 Å². The maximum absolute atomic E-state index is 5.84. The lowest BCUT2D eigenvalue weighted by atomic mass is 10.0. The maximum atomic E-state index is 5.84. The molecule has 0 aromatic heterocycles. The van der Waals surface area contributed by atoms with Gasteiger partial charge < -0.3 is 4.74 Å². The van der Waals surface area contributed by atoms with Crippen LogP contribution in [0.15, 0.2) is 36.4 Å². The summed E-state index contributed by atoms with van der Waals surface area (Å²) in [6, 6.07) is 11.8. The SMILES string of the molecule is CCC[C@H]1COC[C@H]2CN(CC=Cc3ccccc3)CCN12. The van der Waals surface area contributed by atoms with E-state index in [4.69, 9.17) is 4.74 Å². The van der Waals surface area contributed by atoms with Crippen LogP contribution in [0, 0.1) is 0 Å². The van der Waals surface area contributed by atoms with Gasteiger partial charge in [-0.1, -0.05) is 55.8 Å². The van der Waals surface area contributed by atoms with Crippen LogP contribution in [0.25, 0.3) is 6.08 Å². The number of benzene rings is 1. The number of fused-ring (bicyclic) bond motifs is 1. The Kier molecular flexibility index (Phi) is 5.65. The molecule has 0 radical (unpaired) electrons. The van der Waals surface area contributed by atoms with Crippen LogP contribution in [0.1, 0.15) is 25.3 Å². The summed E-state index contributed by atoms with van der Waals surface area (Å²) in [4.78, 5) is 5.25. The summed E-state index contributed by atoms with van der Waals surface area (Å²) < 4.78 is 5.84. The fourth-order valence-corrected chi connectivity index (χ4v) is 3.65. The zero-order valence-electron chi connectivity index (χ0n) is 13.7. The van der Waals surface area contributed by atoms with Gasteiger partial charge in [0.25, 0.3) is 0 Å². The monoisotopic (exact) mass is 300 g/mol. The summed E-state index contributed by atoms with van der Waals surface area (Å²) in [6.45, 7) is 8.65. The number of rotatable bonds is 5. The zero-order chi connectivity index (χ0) is 15.2. The van der Waals surface area contributed by atoms with Crippen LogP contribution < -0.4 is 0 Å². The lowest BCUT2D eigenvalue weighted by Crippen LogP contribution is -2.61. The van der Waals surface area contributed by atoms with Crippen LogP contribution >= 0.6 is 0 Å². The van der Waals surface area contributed by atoms with Crippen molar-refractivity contribution in [3.05, 3.63) is 42.0 Å². The first-order valence-electron chi connectivity index (χ1n) is 8.64. The molecule has 1 aromatic carbocycles. The Bertz CT molecular complexity index is 472. The standard InChI is InChI=1S/C19H28N2O/c1-2-7-18-15-22-16-19-14-20(12-13-21(18)19)11-6-10-17-8-4-3-5-9-17/h3-6,8-10,18-19H,2,7,11-16H2,1H3/t18-,19+/m0/s1. The van der Waals surface area contributed by atoms with Crippen molar-refractivity contribution < 1.29 is 4.74 Å². The smallest absolute Gasteiger partial charge is 0.0635 e. The Morgan fingerprint density at radius 3 is 2.86 bits per heavy atom. The Morgan fingerprint density at radius 2 is 2.05 bits per heavy atom. The molecule has 2 atom stereocenters. The fourth-order valence-electron chi connectivity index (χ4n) is 3.65. The number of hydrogen-bond acceptors (Lipinski definition) is 3. The number of morpholine rings is 1. The minimum Gasteiger partial charge on any atom is -0.378 e. The van der Waals surface area contributed by atoms with Crippen LogP contribution in [0.2, 0.25) is 0 Å². The number of piperazine rings is 1. The molecule has 1 aromatic rings. The third kappa shape index (κ3) is 3.97. The minimum atomic E-state index is 0.587. The minimum absolute atomic E-state index is 0.587. The van der Waals surface area contributed by atoms with E-state index in [0.29, 0.717) is 12.1 Å². The van der Waals surface area contributed by atoms with Gasteiger partial charge in [0.05, 0.1) is 13.2 Å². The van der Waals surface area contributed by atoms with Gasteiger partial charge >= 0.3 is 0 Å². The van der Waals surface area contributed by atoms with Crippen molar-refractivity contribution in [2.45, 2.75) is 31.8 Å². The molecule has 3 nitrogen and oxygen atoms in total. The average Bonchev–Trinajstić information content (AvgIpc) is 2.56. The van der Waals surface area contributed by atoms with Crippen molar-refractivity contribution in [3.63, 3.8) is 0 Å². The van der Waals surface area contributed by atoms with E-state index in [0.717, 1.165) is 26.3 Å². The molecule has 0 spiro atoms. The fraction of sp³-hybridized carbons (Fsp3) is 0.579. The predicted octanol–water partition coefficient (Wildman–Crippen LogP) is 2.88. The molecule has 3 rings (SSSR count). The molecule has 2 heterocycles. The van der Waals surface area contributed by atoms with E-state index >= 15 is 0 Å². The highest BCUT2D eigenvalue weighted by atomic mass is 16.5. The van der Waals surface area contributed by atoms with Crippen molar-refractivity contribution in [3.8, 4) is 0 Å². The quantitative estimate of drug-likeness (QED) is 0.831. The molecule has 0 saturated carbocycles. The van der Waals surface area contributed by atoms with Gasteiger partial charge in [-0.25, -0.2) is 0 Å². The van der Waals surface area contributed by atoms with E-state index in [9.17, 15) is 0 Å². The Hall–Kier alpha value is -1.16. The molecular weight excluding hydrogens is 272 g/mol. The second kappa shape index (κ2) is 7.91. The second-order valence-corrected chi connectivity index (χ2v) is 6.44. The van der Waals surface area contributed by atoms with Gasteiger partial charge in [0.15, 0.2) is 0 Å². The highest BCUT2D eigenvalue weighted by molar-refractivity contribution is 5.48. The van der Waals surface area contributed by atoms with E-state index in [-0.39, 0.29) is 0 Å². The summed E-state index contributed by atoms with van der Waals surface area (Å²) in [7, 11) is 0.